The summed E-state index contributed by atoms with van der Waals surface area (Å²) < 4.78 is 21.0. The van der Waals surface area contributed by atoms with E-state index in [1.807, 2.05) is 0 Å². The molecule has 2 heterocycles. The highest BCUT2D eigenvalue weighted by Crippen LogP contribution is 2.42. The molecule has 0 radical (unpaired) electrons. The second kappa shape index (κ2) is 9.54. The van der Waals surface area contributed by atoms with Crippen LogP contribution in [-0.2, 0) is 9.53 Å². The van der Waals surface area contributed by atoms with Crippen LogP contribution in [0.5, 0.6) is 0 Å². The lowest BCUT2D eigenvalue weighted by Crippen LogP contribution is -2.65. The molecule has 10 heteroatoms. The molecular weight excluding hydrogens is 423 g/mol. The van der Waals surface area contributed by atoms with Gasteiger partial charge in [-0.15, -0.1) is 23.4 Å². The first-order valence-corrected chi connectivity index (χ1v) is 12.0. The Kier molecular flexibility index (Phi) is 7.73. The van der Waals surface area contributed by atoms with E-state index in [1.165, 1.54) is 11.8 Å². The highest BCUT2D eigenvalue weighted by atomic mass is 35.5. The minimum atomic E-state index is -1.43. The molecular formula is C19H32ClFN2O5S. The van der Waals surface area contributed by atoms with Gasteiger partial charge in [-0.3, -0.25) is 4.79 Å². The summed E-state index contributed by atoms with van der Waals surface area (Å²) in [5.74, 6) is 0.0248. The molecule has 5 N–H and O–H groups in total. The van der Waals surface area contributed by atoms with Gasteiger partial charge in [0.15, 0.2) is 0 Å². The zero-order chi connectivity index (χ0) is 21.3. The molecule has 0 bridgehead atoms. The Balaban J connectivity index is 1.67. The first-order valence-electron chi connectivity index (χ1n) is 10.2. The van der Waals surface area contributed by atoms with Crippen LogP contribution in [0, 0.1) is 5.92 Å². The van der Waals surface area contributed by atoms with Crippen LogP contribution < -0.4 is 10.6 Å². The molecule has 2 aliphatic heterocycles. The molecule has 7 nitrogen and oxygen atoms in total. The first kappa shape index (κ1) is 23.5. The fourth-order valence-corrected chi connectivity index (χ4v) is 5.19. The van der Waals surface area contributed by atoms with E-state index < -0.39 is 58.9 Å². The predicted molar refractivity (Wildman–Crippen MR) is 110 cm³/mol. The lowest BCUT2D eigenvalue weighted by molar-refractivity contribution is -0.205. The summed E-state index contributed by atoms with van der Waals surface area (Å²) in [6.45, 7) is 2.07. The number of thioether (sulfide) groups is 1. The van der Waals surface area contributed by atoms with Crippen LogP contribution in [0.4, 0.5) is 4.39 Å². The van der Waals surface area contributed by atoms with Crippen molar-refractivity contribution < 1.29 is 29.2 Å². The maximum absolute atomic E-state index is 15.2. The van der Waals surface area contributed by atoms with Gasteiger partial charge in [-0.2, -0.15) is 0 Å². The summed E-state index contributed by atoms with van der Waals surface area (Å²) in [6.07, 6.45) is -0.293. The molecule has 29 heavy (non-hydrogen) atoms. The normalized spacial score (nSPS) is 42.9. The lowest BCUT2D eigenvalue weighted by Gasteiger charge is -2.44. The molecule has 1 aliphatic carbocycles. The summed E-state index contributed by atoms with van der Waals surface area (Å²) >= 11 is 7.47. The van der Waals surface area contributed by atoms with Crippen molar-refractivity contribution in [3.63, 3.8) is 0 Å². The number of hydrogen-bond donors (Lipinski definition) is 5. The largest absolute Gasteiger partial charge is 0.388 e. The van der Waals surface area contributed by atoms with Gasteiger partial charge in [0.1, 0.15) is 35.5 Å². The molecule has 0 aromatic heterocycles. The number of aliphatic hydroxyl groups is 3. The number of aliphatic hydroxyl groups excluding tert-OH is 3. The minimum absolute atomic E-state index is 0.0988. The van der Waals surface area contributed by atoms with Crippen LogP contribution in [0.3, 0.4) is 0 Å². The third-order valence-corrected chi connectivity index (χ3v) is 7.32. The Morgan fingerprint density at radius 1 is 1.34 bits per heavy atom. The van der Waals surface area contributed by atoms with Gasteiger partial charge in [0, 0.05) is 6.42 Å². The van der Waals surface area contributed by atoms with Gasteiger partial charge >= 0.3 is 0 Å². The van der Waals surface area contributed by atoms with Crippen molar-refractivity contribution in [2.75, 3.05) is 12.8 Å². The van der Waals surface area contributed by atoms with Crippen molar-refractivity contribution in [1.29, 1.82) is 0 Å². The number of halogens is 2. The van der Waals surface area contributed by atoms with Crippen LogP contribution >= 0.6 is 23.4 Å². The van der Waals surface area contributed by atoms with Crippen molar-refractivity contribution in [1.82, 2.24) is 10.6 Å². The van der Waals surface area contributed by atoms with Gasteiger partial charge in [0.05, 0.1) is 17.5 Å². The van der Waals surface area contributed by atoms with Gasteiger partial charge in [0.25, 0.3) is 0 Å². The first-order chi connectivity index (χ1) is 13.6. The predicted octanol–water partition coefficient (Wildman–Crippen LogP) is 0.530. The van der Waals surface area contributed by atoms with Gasteiger partial charge < -0.3 is 30.7 Å². The fourth-order valence-electron chi connectivity index (χ4n) is 4.31. The molecule has 2 saturated heterocycles. The molecule has 3 rings (SSSR count). The number of carbonyl (C=O) groups excluding carboxylic acids is 1. The average molecular weight is 455 g/mol. The standard InChI is InChI=1S/C19H32ClFN2O5S/c1-9(20)12(16-14(25)13(24)15(26)18(28-16)29-2)23-17(27)11-8-19(21,5-6-22-11)7-10-3-4-10/h9-16,18,22,24-26H,3-8H2,1-2H3,(H,23,27)/t9?,11?,12?,13-,14+,15+,16+,18+,19?/m0/s1. The number of carbonyl (C=O) groups is 1. The van der Waals surface area contributed by atoms with Gasteiger partial charge in [-0.1, -0.05) is 12.8 Å². The van der Waals surface area contributed by atoms with Crippen molar-refractivity contribution >= 4 is 29.3 Å². The molecule has 0 spiro atoms. The van der Waals surface area contributed by atoms with E-state index in [0.29, 0.717) is 25.3 Å². The fraction of sp³-hybridized carbons (Fsp3) is 0.947. The minimum Gasteiger partial charge on any atom is -0.388 e. The Hall–Kier alpha value is -0.160. The molecule has 9 atom stereocenters. The number of ether oxygens (including phenoxy) is 1. The van der Waals surface area contributed by atoms with Crippen LogP contribution in [-0.4, -0.2) is 87.0 Å². The number of nitrogens with one attached hydrogen (secondary N) is 2. The lowest BCUT2D eigenvalue weighted by atomic mass is 9.84. The van der Waals surface area contributed by atoms with Crippen molar-refractivity contribution in [2.45, 2.75) is 92.0 Å². The highest BCUT2D eigenvalue weighted by molar-refractivity contribution is 7.99. The Morgan fingerprint density at radius 2 is 2.03 bits per heavy atom. The zero-order valence-electron chi connectivity index (χ0n) is 16.8. The summed E-state index contributed by atoms with van der Waals surface area (Å²) in [5, 5.41) is 35.9. The molecule has 0 aromatic rings. The average Bonchev–Trinajstić information content (AvgIpc) is 3.48. The third-order valence-electron chi connectivity index (χ3n) is 6.20. The second-order valence-corrected chi connectivity index (χ2v) is 10.3. The monoisotopic (exact) mass is 454 g/mol. The molecule has 3 fully saturated rings. The van der Waals surface area contributed by atoms with E-state index in [9.17, 15) is 20.1 Å². The van der Waals surface area contributed by atoms with Crippen LogP contribution in [0.15, 0.2) is 0 Å². The van der Waals surface area contributed by atoms with Gasteiger partial charge in [-0.25, -0.2) is 4.39 Å². The maximum atomic E-state index is 15.2. The molecule has 168 valence electrons. The van der Waals surface area contributed by atoms with Gasteiger partial charge in [0.2, 0.25) is 5.91 Å². The maximum Gasteiger partial charge on any atom is 0.237 e. The van der Waals surface area contributed by atoms with Crippen molar-refractivity contribution in [3.8, 4) is 0 Å². The van der Waals surface area contributed by atoms with Gasteiger partial charge in [-0.05, 0) is 38.5 Å². The van der Waals surface area contributed by atoms with E-state index in [0.717, 1.165) is 12.8 Å². The van der Waals surface area contributed by atoms with Crippen molar-refractivity contribution in [3.05, 3.63) is 0 Å². The summed E-state index contributed by atoms with van der Waals surface area (Å²) in [4.78, 5) is 12.9. The SMILES string of the molecule is CS[C@H]1O[C@H](C(NC(=O)C2CC(F)(CC3CC3)CCN2)C(C)Cl)[C@H](O)[C@H](O)[C@H]1O. The molecule has 0 aromatic carbocycles. The van der Waals surface area contributed by atoms with E-state index in [4.69, 9.17) is 16.3 Å². The summed E-state index contributed by atoms with van der Waals surface area (Å²) in [5.41, 5.74) is -2.11. The summed E-state index contributed by atoms with van der Waals surface area (Å²) in [6, 6.07) is -1.52. The van der Waals surface area contributed by atoms with Crippen LogP contribution in [0.2, 0.25) is 0 Å². The molecule has 1 amide bonds. The number of hydrogen-bond acceptors (Lipinski definition) is 7. The quantitative estimate of drug-likeness (QED) is 0.357. The van der Waals surface area contributed by atoms with E-state index >= 15 is 4.39 Å². The smallest absolute Gasteiger partial charge is 0.237 e. The number of amides is 1. The number of piperidine rings is 1. The molecule has 1 saturated carbocycles. The Morgan fingerprint density at radius 3 is 2.62 bits per heavy atom. The summed E-state index contributed by atoms with van der Waals surface area (Å²) in [7, 11) is 0. The van der Waals surface area contributed by atoms with Crippen LogP contribution in [0.25, 0.3) is 0 Å². The number of alkyl halides is 2. The zero-order valence-corrected chi connectivity index (χ0v) is 18.3. The van der Waals surface area contributed by atoms with E-state index in [1.54, 1.807) is 13.2 Å². The molecule has 3 aliphatic rings. The third kappa shape index (κ3) is 5.56. The number of rotatable bonds is 7. The Labute approximate surface area is 180 Å². The van der Waals surface area contributed by atoms with Crippen LogP contribution in [0.1, 0.15) is 39.0 Å². The second-order valence-electron chi connectivity index (χ2n) is 8.65. The van der Waals surface area contributed by atoms with Crippen molar-refractivity contribution in [2.24, 2.45) is 5.92 Å². The van der Waals surface area contributed by atoms with E-state index in [2.05, 4.69) is 10.6 Å². The highest BCUT2D eigenvalue weighted by Gasteiger charge is 2.49. The van der Waals surface area contributed by atoms with E-state index in [-0.39, 0.29) is 6.42 Å². The Bertz CT molecular complexity index is 585. The molecule has 4 unspecified atom stereocenters. The topological polar surface area (TPSA) is 111 Å².